The Bertz CT molecular complexity index is 571. The maximum Gasteiger partial charge on any atom is 0.240 e. The topological polar surface area (TPSA) is 71.3 Å². The van der Waals surface area contributed by atoms with E-state index in [0.29, 0.717) is 36.8 Å². The summed E-state index contributed by atoms with van der Waals surface area (Å²) >= 11 is 0. The number of benzene rings is 1. The van der Waals surface area contributed by atoms with Gasteiger partial charge in [0, 0.05) is 6.54 Å². The Hall–Kier alpha value is -2.22. The Morgan fingerprint density at radius 1 is 1.38 bits per heavy atom. The first-order valence-electron chi connectivity index (χ1n) is 6.95. The van der Waals surface area contributed by atoms with Gasteiger partial charge in [0.05, 0.1) is 20.3 Å². The fraction of sp³-hybridized carbons (Fsp3) is 0.500. The molecular formula is C16H20N2O3. The van der Waals surface area contributed by atoms with Crippen molar-refractivity contribution in [2.75, 3.05) is 14.2 Å². The second kappa shape index (κ2) is 6.04. The fourth-order valence-corrected chi connectivity index (χ4v) is 2.80. The van der Waals surface area contributed by atoms with Gasteiger partial charge in [-0.05, 0) is 36.5 Å². The van der Waals surface area contributed by atoms with Crippen LogP contribution in [0.15, 0.2) is 18.2 Å². The van der Waals surface area contributed by atoms with Gasteiger partial charge in [-0.25, -0.2) is 0 Å². The molecule has 1 saturated carbocycles. The van der Waals surface area contributed by atoms with Crippen molar-refractivity contribution in [1.29, 1.82) is 5.26 Å². The third-order valence-electron chi connectivity index (χ3n) is 3.94. The molecule has 5 heteroatoms. The Morgan fingerprint density at radius 3 is 2.57 bits per heavy atom. The van der Waals surface area contributed by atoms with Crippen molar-refractivity contribution < 1.29 is 14.3 Å². The summed E-state index contributed by atoms with van der Waals surface area (Å²) in [6, 6.07) is 7.65. The summed E-state index contributed by atoms with van der Waals surface area (Å²) in [7, 11) is 3.15. The highest BCUT2D eigenvalue weighted by atomic mass is 16.5. The highest BCUT2D eigenvalue weighted by molar-refractivity contribution is 5.86. The van der Waals surface area contributed by atoms with Gasteiger partial charge in [-0.15, -0.1) is 0 Å². The van der Waals surface area contributed by atoms with E-state index < -0.39 is 5.41 Å². The number of amides is 1. The Balaban J connectivity index is 2.00. The van der Waals surface area contributed by atoms with E-state index >= 15 is 0 Å². The lowest BCUT2D eigenvalue weighted by molar-refractivity contribution is -0.134. The van der Waals surface area contributed by atoms with Crippen LogP contribution >= 0.6 is 0 Å². The quantitative estimate of drug-likeness (QED) is 0.902. The first-order chi connectivity index (χ1) is 10.0. The third kappa shape index (κ3) is 2.94. The SMILES string of the molecule is COc1ccc(CNC(=O)C2(C#N)CC(C)C2)cc1OC. The number of nitriles is 1. The van der Waals surface area contributed by atoms with Crippen molar-refractivity contribution in [3.05, 3.63) is 23.8 Å². The number of carbonyl (C=O) groups excluding carboxylic acids is 1. The summed E-state index contributed by atoms with van der Waals surface area (Å²) in [6.07, 6.45) is 1.28. The van der Waals surface area contributed by atoms with Gasteiger partial charge in [0.2, 0.25) is 5.91 Å². The minimum atomic E-state index is -0.837. The first-order valence-corrected chi connectivity index (χ1v) is 6.95. The molecule has 5 nitrogen and oxygen atoms in total. The lowest BCUT2D eigenvalue weighted by Crippen LogP contribution is -2.47. The highest BCUT2D eigenvalue weighted by Gasteiger charge is 2.48. The van der Waals surface area contributed by atoms with Crippen LogP contribution in [0.3, 0.4) is 0 Å². The molecule has 1 aromatic rings. The van der Waals surface area contributed by atoms with E-state index in [1.165, 1.54) is 0 Å². The molecule has 0 radical (unpaired) electrons. The number of ether oxygens (including phenoxy) is 2. The first kappa shape index (κ1) is 15.2. The van der Waals surface area contributed by atoms with Crippen molar-refractivity contribution in [3.8, 4) is 17.6 Å². The summed E-state index contributed by atoms with van der Waals surface area (Å²) in [5.41, 5.74) is 0.0668. The molecule has 0 aliphatic heterocycles. The Morgan fingerprint density at radius 2 is 2.05 bits per heavy atom. The molecule has 1 amide bonds. The van der Waals surface area contributed by atoms with Gasteiger partial charge in [-0.2, -0.15) is 5.26 Å². The second-order valence-electron chi connectivity index (χ2n) is 5.58. The van der Waals surface area contributed by atoms with E-state index in [9.17, 15) is 10.1 Å². The molecule has 21 heavy (non-hydrogen) atoms. The largest absolute Gasteiger partial charge is 0.493 e. The number of hydrogen-bond donors (Lipinski definition) is 1. The minimum Gasteiger partial charge on any atom is -0.493 e. The number of rotatable bonds is 5. The maximum atomic E-state index is 12.2. The van der Waals surface area contributed by atoms with E-state index in [-0.39, 0.29) is 5.91 Å². The molecule has 0 saturated heterocycles. The summed E-state index contributed by atoms with van der Waals surface area (Å²) in [5, 5.41) is 12.1. The van der Waals surface area contributed by atoms with Crippen molar-refractivity contribution in [1.82, 2.24) is 5.32 Å². The molecule has 1 aromatic carbocycles. The van der Waals surface area contributed by atoms with Crippen LogP contribution in [-0.2, 0) is 11.3 Å². The summed E-state index contributed by atoms with van der Waals surface area (Å²) in [6.45, 7) is 2.42. The normalized spacial score (nSPS) is 23.6. The molecule has 0 aromatic heterocycles. The third-order valence-corrected chi connectivity index (χ3v) is 3.94. The van der Waals surface area contributed by atoms with Crippen LogP contribution in [0.2, 0.25) is 0 Å². The van der Waals surface area contributed by atoms with E-state index in [4.69, 9.17) is 9.47 Å². The zero-order valence-corrected chi connectivity index (χ0v) is 12.6. The lowest BCUT2D eigenvalue weighted by Gasteiger charge is -2.39. The van der Waals surface area contributed by atoms with Crippen LogP contribution in [0, 0.1) is 22.7 Å². The van der Waals surface area contributed by atoms with Crippen LogP contribution in [0.5, 0.6) is 11.5 Å². The number of hydrogen-bond acceptors (Lipinski definition) is 4. The molecule has 1 aliphatic rings. The Kier molecular flexibility index (Phi) is 4.37. The van der Waals surface area contributed by atoms with Crippen molar-refractivity contribution >= 4 is 5.91 Å². The number of nitrogens with zero attached hydrogens (tertiary/aromatic N) is 1. The predicted octanol–water partition coefficient (Wildman–Crippen LogP) is 2.26. The summed E-state index contributed by atoms with van der Waals surface area (Å²) in [5.74, 6) is 1.53. The molecule has 112 valence electrons. The lowest BCUT2D eigenvalue weighted by atomic mass is 9.63. The average molecular weight is 288 g/mol. The van der Waals surface area contributed by atoms with Gasteiger partial charge in [0.15, 0.2) is 11.5 Å². The van der Waals surface area contributed by atoms with Crippen molar-refractivity contribution in [2.45, 2.75) is 26.3 Å². The number of nitrogens with one attached hydrogen (secondary N) is 1. The molecule has 0 heterocycles. The van der Waals surface area contributed by atoms with Crippen LogP contribution in [-0.4, -0.2) is 20.1 Å². The van der Waals surface area contributed by atoms with Crippen LogP contribution < -0.4 is 14.8 Å². The predicted molar refractivity (Wildman–Crippen MR) is 77.8 cm³/mol. The molecule has 2 rings (SSSR count). The molecule has 0 atom stereocenters. The number of carbonyl (C=O) groups is 1. The monoisotopic (exact) mass is 288 g/mol. The molecular weight excluding hydrogens is 268 g/mol. The number of methoxy groups -OCH3 is 2. The van der Waals surface area contributed by atoms with Gasteiger partial charge in [0.1, 0.15) is 5.41 Å². The van der Waals surface area contributed by atoms with E-state index in [2.05, 4.69) is 18.3 Å². The van der Waals surface area contributed by atoms with E-state index in [0.717, 1.165) is 5.56 Å². The molecule has 1 aliphatic carbocycles. The average Bonchev–Trinajstić information content (AvgIpc) is 2.48. The molecule has 0 unspecified atom stereocenters. The van der Waals surface area contributed by atoms with Crippen molar-refractivity contribution in [3.63, 3.8) is 0 Å². The minimum absolute atomic E-state index is 0.183. The van der Waals surface area contributed by atoms with Crippen LogP contribution in [0.25, 0.3) is 0 Å². The Labute approximate surface area is 124 Å². The van der Waals surface area contributed by atoms with Crippen LogP contribution in [0.1, 0.15) is 25.3 Å². The highest BCUT2D eigenvalue weighted by Crippen LogP contribution is 2.45. The van der Waals surface area contributed by atoms with E-state index in [1.54, 1.807) is 20.3 Å². The van der Waals surface area contributed by atoms with Gasteiger partial charge >= 0.3 is 0 Å². The molecule has 1 N–H and O–H groups in total. The maximum absolute atomic E-state index is 12.2. The van der Waals surface area contributed by atoms with Gasteiger partial charge in [-0.3, -0.25) is 4.79 Å². The summed E-state index contributed by atoms with van der Waals surface area (Å²) in [4.78, 5) is 12.2. The van der Waals surface area contributed by atoms with Crippen molar-refractivity contribution in [2.24, 2.45) is 11.3 Å². The smallest absolute Gasteiger partial charge is 0.240 e. The molecule has 0 spiro atoms. The molecule has 0 bridgehead atoms. The standard InChI is InChI=1S/C16H20N2O3/c1-11-7-16(8-11,10-17)15(19)18-9-12-4-5-13(20-2)14(6-12)21-3/h4-6,11H,7-9H2,1-3H3,(H,18,19). The fourth-order valence-electron chi connectivity index (χ4n) is 2.80. The molecule has 1 fully saturated rings. The zero-order chi connectivity index (χ0) is 15.5. The van der Waals surface area contributed by atoms with E-state index in [1.807, 2.05) is 12.1 Å². The summed E-state index contributed by atoms with van der Waals surface area (Å²) < 4.78 is 10.4. The second-order valence-corrected chi connectivity index (χ2v) is 5.58. The van der Waals surface area contributed by atoms with Gasteiger partial charge in [0.25, 0.3) is 0 Å². The van der Waals surface area contributed by atoms with Crippen LogP contribution in [0.4, 0.5) is 0 Å². The van der Waals surface area contributed by atoms with Gasteiger partial charge < -0.3 is 14.8 Å². The zero-order valence-electron chi connectivity index (χ0n) is 12.6. The van der Waals surface area contributed by atoms with Gasteiger partial charge in [-0.1, -0.05) is 13.0 Å².